The van der Waals surface area contributed by atoms with Crippen molar-refractivity contribution in [2.75, 3.05) is 6.54 Å². The first-order chi connectivity index (χ1) is 7.92. The van der Waals surface area contributed by atoms with Crippen molar-refractivity contribution in [1.82, 2.24) is 15.5 Å². The van der Waals surface area contributed by atoms with Gasteiger partial charge in [-0.05, 0) is 31.7 Å². The zero-order valence-electron chi connectivity index (χ0n) is 11.7. The maximum atomic E-state index is 5.65. The van der Waals surface area contributed by atoms with Crippen LogP contribution >= 0.6 is 0 Å². The largest absolute Gasteiger partial charge is 0.424 e. The van der Waals surface area contributed by atoms with Gasteiger partial charge in [0, 0.05) is 6.42 Å². The van der Waals surface area contributed by atoms with Crippen molar-refractivity contribution in [3.05, 3.63) is 11.8 Å². The van der Waals surface area contributed by atoms with E-state index in [0.29, 0.717) is 11.3 Å². The minimum Gasteiger partial charge on any atom is -0.424 e. The summed E-state index contributed by atoms with van der Waals surface area (Å²) in [5, 5.41) is 11.5. The smallest absolute Gasteiger partial charge is 0.233 e. The van der Waals surface area contributed by atoms with Gasteiger partial charge in [0.15, 0.2) is 0 Å². The van der Waals surface area contributed by atoms with Crippen LogP contribution in [0.1, 0.15) is 65.3 Å². The Bertz CT molecular complexity index is 328. The molecule has 4 heteroatoms. The van der Waals surface area contributed by atoms with E-state index in [1.54, 1.807) is 0 Å². The third kappa shape index (κ3) is 5.31. The molecule has 0 radical (unpaired) electrons. The quantitative estimate of drug-likeness (QED) is 0.828. The summed E-state index contributed by atoms with van der Waals surface area (Å²) < 4.78 is 5.65. The second-order valence-corrected chi connectivity index (χ2v) is 5.77. The third-order valence-corrected chi connectivity index (χ3v) is 2.64. The number of hydrogen-bond acceptors (Lipinski definition) is 4. The zero-order valence-corrected chi connectivity index (χ0v) is 11.7. The number of aryl methyl sites for hydroxylation is 1. The van der Waals surface area contributed by atoms with Crippen LogP contribution in [0, 0.1) is 5.41 Å². The lowest BCUT2D eigenvalue weighted by Gasteiger charge is -2.15. The number of nitrogens with one attached hydrogen (secondary N) is 1. The molecule has 0 saturated heterocycles. The van der Waals surface area contributed by atoms with Gasteiger partial charge in [-0.3, -0.25) is 0 Å². The van der Waals surface area contributed by atoms with Crippen molar-refractivity contribution in [3.8, 4) is 0 Å². The van der Waals surface area contributed by atoms with E-state index in [1.807, 2.05) is 0 Å². The molecule has 0 aliphatic carbocycles. The molecule has 0 spiro atoms. The molecule has 98 valence electrons. The first kappa shape index (κ1) is 14.2. The van der Waals surface area contributed by atoms with E-state index in [0.717, 1.165) is 31.7 Å². The molecule has 0 aliphatic rings. The summed E-state index contributed by atoms with van der Waals surface area (Å²) in [5.74, 6) is 1.45. The van der Waals surface area contributed by atoms with Gasteiger partial charge in [0.2, 0.25) is 11.8 Å². The maximum Gasteiger partial charge on any atom is 0.233 e. The predicted octanol–water partition coefficient (Wildman–Crippen LogP) is 3.11. The molecule has 1 aromatic heterocycles. The Morgan fingerprint density at radius 3 is 2.59 bits per heavy atom. The summed E-state index contributed by atoms with van der Waals surface area (Å²) in [6.45, 7) is 11.8. The number of aromatic nitrogens is 2. The highest BCUT2D eigenvalue weighted by Crippen LogP contribution is 2.21. The van der Waals surface area contributed by atoms with E-state index < -0.39 is 0 Å². The second-order valence-electron chi connectivity index (χ2n) is 5.77. The van der Waals surface area contributed by atoms with Crippen molar-refractivity contribution >= 4 is 0 Å². The summed E-state index contributed by atoms with van der Waals surface area (Å²) in [7, 11) is 0. The Morgan fingerprint density at radius 1 is 1.29 bits per heavy atom. The van der Waals surface area contributed by atoms with Gasteiger partial charge >= 0.3 is 0 Å². The highest BCUT2D eigenvalue weighted by Gasteiger charge is 2.16. The van der Waals surface area contributed by atoms with Crippen LogP contribution in [0.5, 0.6) is 0 Å². The SMILES string of the molecule is CCCNC(C)c1nnc(CCC(C)(C)C)o1. The Morgan fingerprint density at radius 2 is 2.00 bits per heavy atom. The van der Waals surface area contributed by atoms with Crippen LogP contribution in [0.2, 0.25) is 0 Å². The van der Waals surface area contributed by atoms with E-state index in [4.69, 9.17) is 4.42 Å². The maximum absolute atomic E-state index is 5.65. The minimum absolute atomic E-state index is 0.144. The normalized spacial score (nSPS) is 13.9. The fraction of sp³-hybridized carbons (Fsp3) is 0.846. The van der Waals surface area contributed by atoms with E-state index in [2.05, 4.69) is 50.1 Å². The summed E-state index contributed by atoms with van der Waals surface area (Å²) in [6, 6.07) is 0.144. The molecule has 0 bridgehead atoms. The van der Waals surface area contributed by atoms with Crippen LogP contribution in [0.15, 0.2) is 4.42 Å². The molecular formula is C13H25N3O. The van der Waals surface area contributed by atoms with Crippen molar-refractivity contribution < 1.29 is 4.42 Å². The molecule has 0 saturated carbocycles. The molecule has 0 aliphatic heterocycles. The third-order valence-electron chi connectivity index (χ3n) is 2.64. The van der Waals surface area contributed by atoms with E-state index >= 15 is 0 Å². The van der Waals surface area contributed by atoms with Gasteiger partial charge in [-0.2, -0.15) is 0 Å². The van der Waals surface area contributed by atoms with Crippen LogP contribution in [-0.4, -0.2) is 16.7 Å². The predicted molar refractivity (Wildman–Crippen MR) is 68.8 cm³/mol. The van der Waals surface area contributed by atoms with Crippen LogP contribution in [0.3, 0.4) is 0 Å². The van der Waals surface area contributed by atoms with Crippen LogP contribution in [0.4, 0.5) is 0 Å². The first-order valence-electron chi connectivity index (χ1n) is 6.48. The monoisotopic (exact) mass is 239 g/mol. The van der Waals surface area contributed by atoms with Crippen molar-refractivity contribution in [3.63, 3.8) is 0 Å². The second kappa shape index (κ2) is 6.15. The van der Waals surface area contributed by atoms with Gasteiger partial charge in [-0.1, -0.05) is 27.7 Å². The molecule has 1 aromatic rings. The molecule has 1 rings (SSSR count). The lowest BCUT2D eigenvalue weighted by atomic mass is 9.91. The van der Waals surface area contributed by atoms with Crippen LogP contribution in [0.25, 0.3) is 0 Å². The lowest BCUT2D eigenvalue weighted by molar-refractivity contribution is 0.340. The Labute approximate surface area is 104 Å². The molecular weight excluding hydrogens is 214 g/mol. The van der Waals surface area contributed by atoms with Gasteiger partial charge in [0.05, 0.1) is 6.04 Å². The zero-order chi connectivity index (χ0) is 12.9. The fourth-order valence-corrected chi connectivity index (χ4v) is 1.47. The van der Waals surface area contributed by atoms with E-state index in [1.165, 1.54) is 0 Å². The summed E-state index contributed by atoms with van der Waals surface area (Å²) >= 11 is 0. The van der Waals surface area contributed by atoms with Gasteiger partial charge in [-0.25, -0.2) is 0 Å². The number of rotatable bonds is 6. The van der Waals surface area contributed by atoms with Crippen molar-refractivity contribution in [2.24, 2.45) is 5.41 Å². The Hall–Kier alpha value is -0.900. The lowest BCUT2D eigenvalue weighted by Crippen LogP contribution is -2.19. The minimum atomic E-state index is 0.144. The standard InChI is InChI=1S/C13H25N3O/c1-6-9-14-10(2)12-16-15-11(17-12)7-8-13(3,4)5/h10,14H,6-9H2,1-5H3. The van der Waals surface area contributed by atoms with Gasteiger partial charge in [-0.15, -0.1) is 10.2 Å². The molecule has 1 N–H and O–H groups in total. The average molecular weight is 239 g/mol. The van der Waals surface area contributed by atoms with Gasteiger partial charge in [0.1, 0.15) is 0 Å². The highest BCUT2D eigenvalue weighted by molar-refractivity contribution is 4.88. The Kier molecular flexibility index (Phi) is 5.12. The van der Waals surface area contributed by atoms with E-state index in [-0.39, 0.29) is 6.04 Å². The molecule has 0 aromatic carbocycles. The first-order valence-corrected chi connectivity index (χ1v) is 6.48. The summed E-state index contributed by atoms with van der Waals surface area (Å²) in [4.78, 5) is 0. The summed E-state index contributed by atoms with van der Waals surface area (Å²) in [6.07, 6.45) is 3.03. The highest BCUT2D eigenvalue weighted by atomic mass is 16.4. The molecule has 0 amide bonds. The van der Waals surface area contributed by atoms with E-state index in [9.17, 15) is 0 Å². The fourth-order valence-electron chi connectivity index (χ4n) is 1.47. The molecule has 0 fully saturated rings. The molecule has 1 heterocycles. The summed E-state index contributed by atoms with van der Waals surface area (Å²) in [5.41, 5.74) is 0.306. The van der Waals surface area contributed by atoms with Gasteiger partial charge < -0.3 is 9.73 Å². The molecule has 17 heavy (non-hydrogen) atoms. The molecule has 1 unspecified atom stereocenters. The van der Waals surface area contributed by atoms with Crippen LogP contribution < -0.4 is 5.32 Å². The number of nitrogens with zero attached hydrogens (tertiary/aromatic N) is 2. The molecule has 4 nitrogen and oxygen atoms in total. The Balaban J connectivity index is 2.47. The van der Waals surface area contributed by atoms with Gasteiger partial charge in [0.25, 0.3) is 0 Å². The topological polar surface area (TPSA) is 51.0 Å². The molecule has 1 atom stereocenters. The van der Waals surface area contributed by atoms with Crippen molar-refractivity contribution in [1.29, 1.82) is 0 Å². The van der Waals surface area contributed by atoms with Crippen molar-refractivity contribution in [2.45, 2.75) is 59.9 Å². The average Bonchev–Trinajstić information content (AvgIpc) is 2.70. The number of hydrogen-bond donors (Lipinski definition) is 1. The van der Waals surface area contributed by atoms with Crippen LogP contribution in [-0.2, 0) is 6.42 Å².